The molecule has 0 amide bonds. The lowest BCUT2D eigenvalue weighted by Gasteiger charge is -2.09. The van der Waals surface area contributed by atoms with Crippen LogP contribution >= 0.6 is 0 Å². The number of rotatable bonds is 6. The monoisotopic (exact) mass is 257 g/mol. The molecule has 0 fully saturated rings. The fraction of sp³-hybridized carbons (Fsp3) is 0.500. The van der Waals surface area contributed by atoms with Gasteiger partial charge in [0.25, 0.3) is 0 Å². The van der Waals surface area contributed by atoms with E-state index in [4.69, 9.17) is 10.5 Å². The summed E-state index contributed by atoms with van der Waals surface area (Å²) in [6.07, 6.45) is 0.484. The van der Waals surface area contributed by atoms with Crippen molar-refractivity contribution in [3.63, 3.8) is 0 Å². The highest BCUT2D eigenvalue weighted by Gasteiger charge is 2.15. The molecule has 0 bridgehead atoms. The maximum Gasteiger partial charge on any atom is 0.154 e. The Balaban J connectivity index is 2.76. The van der Waals surface area contributed by atoms with Crippen molar-refractivity contribution in [3.8, 4) is 5.75 Å². The van der Waals surface area contributed by atoms with E-state index in [0.29, 0.717) is 17.7 Å². The van der Waals surface area contributed by atoms with Gasteiger partial charge >= 0.3 is 0 Å². The Bertz CT molecular complexity index is 455. The van der Waals surface area contributed by atoms with Gasteiger partial charge < -0.3 is 10.5 Å². The molecule has 0 spiro atoms. The predicted octanol–water partition coefficient (Wildman–Crippen LogP) is 1.35. The van der Waals surface area contributed by atoms with Crippen LogP contribution in [0.15, 0.2) is 24.3 Å². The average Bonchev–Trinajstić information content (AvgIpc) is 2.27. The molecule has 1 unspecified atom stereocenters. The molecule has 0 saturated heterocycles. The molecule has 1 aromatic carbocycles. The van der Waals surface area contributed by atoms with Crippen molar-refractivity contribution in [1.29, 1.82) is 0 Å². The fourth-order valence-corrected chi connectivity index (χ4v) is 3.08. The molecule has 0 saturated carbocycles. The maximum atomic E-state index is 11.9. The van der Waals surface area contributed by atoms with Crippen molar-refractivity contribution in [1.82, 2.24) is 0 Å². The number of methoxy groups -OCH3 is 1. The van der Waals surface area contributed by atoms with Gasteiger partial charge in [-0.2, -0.15) is 0 Å². The van der Waals surface area contributed by atoms with Crippen molar-refractivity contribution in [2.45, 2.75) is 25.1 Å². The first-order chi connectivity index (χ1) is 7.94. The topological polar surface area (TPSA) is 69.4 Å². The SMILES string of the molecule is COc1ccccc1CS(=O)(=O)CCC(C)N. The number of sulfone groups is 1. The molecule has 0 aromatic heterocycles. The van der Waals surface area contributed by atoms with Gasteiger partial charge in [0.1, 0.15) is 5.75 Å². The van der Waals surface area contributed by atoms with Gasteiger partial charge in [0.15, 0.2) is 9.84 Å². The Morgan fingerprint density at radius 2 is 2.00 bits per heavy atom. The van der Waals surface area contributed by atoms with E-state index in [2.05, 4.69) is 0 Å². The van der Waals surface area contributed by atoms with Crippen LogP contribution in [0, 0.1) is 0 Å². The standard InChI is InChI=1S/C12H19NO3S/c1-10(13)7-8-17(14,15)9-11-5-3-4-6-12(11)16-2/h3-6,10H,7-9,13H2,1-2H3. The minimum Gasteiger partial charge on any atom is -0.496 e. The number of nitrogens with two attached hydrogens (primary N) is 1. The molecule has 96 valence electrons. The van der Waals surface area contributed by atoms with Crippen LogP contribution in [-0.4, -0.2) is 27.3 Å². The van der Waals surface area contributed by atoms with Gasteiger partial charge in [-0.15, -0.1) is 0 Å². The van der Waals surface area contributed by atoms with Gasteiger partial charge in [0, 0.05) is 11.6 Å². The van der Waals surface area contributed by atoms with Crippen LogP contribution in [0.4, 0.5) is 0 Å². The molecule has 5 heteroatoms. The van der Waals surface area contributed by atoms with Gasteiger partial charge in [-0.25, -0.2) is 8.42 Å². The molecule has 1 atom stereocenters. The van der Waals surface area contributed by atoms with Crippen molar-refractivity contribution in [2.24, 2.45) is 5.73 Å². The molecule has 1 aromatic rings. The Morgan fingerprint density at radius 3 is 2.59 bits per heavy atom. The van der Waals surface area contributed by atoms with E-state index in [0.717, 1.165) is 0 Å². The largest absolute Gasteiger partial charge is 0.496 e. The van der Waals surface area contributed by atoms with Crippen molar-refractivity contribution in [2.75, 3.05) is 12.9 Å². The van der Waals surface area contributed by atoms with Gasteiger partial charge in [-0.1, -0.05) is 18.2 Å². The van der Waals surface area contributed by atoms with Crippen LogP contribution in [0.1, 0.15) is 18.9 Å². The number of hydrogen-bond acceptors (Lipinski definition) is 4. The third-order valence-corrected chi connectivity index (χ3v) is 4.06. The summed E-state index contributed by atoms with van der Waals surface area (Å²) in [5.41, 5.74) is 6.25. The van der Waals surface area contributed by atoms with Crippen LogP contribution < -0.4 is 10.5 Å². The third kappa shape index (κ3) is 4.75. The zero-order valence-electron chi connectivity index (χ0n) is 10.2. The van der Waals surface area contributed by atoms with Gasteiger partial charge in [0.05, 0.1) is 18.6 Å². The van der Waals surface area contributed by atoms with E-state index < -0.39 is 9.84 Å². The lowest BCUT2D eigenvalue weighted by Crippen LogP contribution is -2.20. The number of hydrogen-bond donors (Lipinski definition) is 1. The normalized spacial score (nSPS) is 13.4. The number of benzene rings is 1. The van der Waals surface area contributed by atoms with Crippen LogP contribution in [-0.2, 0) is 15.6 Å². The molecular formula is C12H19NO3S. The predicted molar refractivity (Wildman–Crippen MR) is 68.8 cm³/mol. The summed E-state index contributed by atoms with van der Waals surface area (Å²) < 4.78 is 28.9. The highest BCUT2D eigenvalue weighted by atomic mass is 32.2. The summed E-state index contributed by atoms with van der Waals surface area (Å²) >= 11 is 0. The van der Waals surface area contributed by atoms with E-state index in [1.807, 2.05) is 6.07 Å². The summed E-state index contributed by atoms with van der Waals surface area (Å²) in [6.45, 7) is 1.80. The zero-order valence-corrected chi connectivity index (χ0v) is 11.0. The summed E-state index contributed by atoms with van der Waals surface area (Å²) in [7, 11) is -1.59. The average molecular weight is 257 g/mol. The van der Waals surface area contributed by atoms with E-state index in [9.17, 15) is 8.42 Å². The van der Waals surface area contributed by atoms with E-state index in [-0.39, 0.29) is 17.5 Å². The van der Waals surface area contributed by atoms with Crippen molar-refractivity contribution < 1.29 is 13.2 Å². The van der Waals surface area contributed by atoms with Gasteiger partial charge in [-0.3, -0.25) is 0 Å². The van der Waals surface area contributed by atoms with Gasteiger partial charge in [0.2, 0.25) is 0 Å². The number of para-hydroxylation sites is 1. The van der Waals surface area contributed by atoms with Gasteiger partial charge in [-0.05, 0) is 19.4 Å². The van der Waals surface area contributed by atoms with E-state index in [1.165, 1.54) is 7.11 Å². The Kier molecular flexibility index (Phi) is 4.96. The first-order valence-corrected chi connectivity index (χ1v) is 7.34. The number of ether oxygens (including phenoxy) is 1. The minimum absolute atomic E-state index is 0.00370. The Labute approximate surface area is 103 Å². The van der Waals surface area contributed by atoms with E-state index >= 15 is 0 Å². The molecule has 0 aliphatic heterocycles. The summed E-state index contributed by atoms with van der Waals surface area (Å²) in [4.78, 5) is 0. The lowest BCUT2D eigenvalue weighted by atomic mass is 10.2. The second kappa shape index (κ2) is 6.02. The Morgan fingerprint density at radius 1 is 1.35 bits per heavy atom. The lowest BCUT2D eigenvalue weighted by molar-refractivity contribution is 0.411. The molecular weight excluding hydrogens is 238 g/mol. The van der Waals surface area contributed by atoms with Crippen molar-refractivity contribution in [3.05, 3.63) is 29.8 Å². The molecule has 1 rings (SSSR count). The first kappa shape index (κ1) is 14.0. The Hall–Kier alpha value is -1.07. The maximum absolute atomic E-state index is 11.9. The second-order valence-electron chi connectivity index (χ2n) is 4.17. The first-order valence-electron chi connectivity index (χ1n) is 5.52. The molecule has 0 radical (unpaired) electrons. The second-order valence-corrected chi connectivity index (χ2v) is 6.35. The molecule has 17 heavy (non-hydrogen) atoms. The van der Waals surface area contributed by atoms with Crippen LogP contribution in [0.25, 0.3) is 0 Å². The third-order valence-electron chi connectivity index (χ3n) is 2.45. The summed E-state index contributed by atoms with van der Waals surface area (Å²) in [5, 5.41) is 0. The van der Waals surface area contributed by atoms with Crippen LogP contribution in [0.2, 0.25) is 0 Å². The molecule has 0 aliphatic carbocycles. The van der Waals surface area contributed by atoms with Crippen LogP contribution in [0.3, 0.4) is 0 Å². The van der Waals surface area contributed by atoms with Crippen molar-refractivity contribution >= 4 is 9.84 Å². The molecule has 4 nitrogen and oxygen atoms in total. The smallest absolute Gasteiger partial charge is 0.154 e. The fourth-order valence-electron chi connectivity index (χ4n) is 1.50. The summed E-state index contributed by atoms with van der Waals surface area (Å²) in [5.74, 6) is 0.726. The highest BCUT2D eigenvalue weighted by Crippen LogP contribution is 2.20. The zero-order chi connectivity index (χ0) is 12.9. The molecule has 0 heterocycles. The molecule has 2 N–H and O–H groups in total. The quantitative estimate of drug-likeness (QED) is 0.835. The molecule has 0 aliphatic rings. The highest BCUT2D eigenvalue weighted by molar-refractivity contribution is 7.90. The van der Waals surface area contributed by atoms with E-state index in [1.54, 1.807) is 25.1 Å². The minimum atomic E-state index is -3.12. The summed E-state index contributed by atoms with van der Waals surface area (Å²) in [6, 6.07) is 7.05. The van der Waals surface area contributed by atoms with Crippen LogP contribution in [0.5, 0.6) is 5.75 Å².